The van der Waals surface area contributed by atoms with E-state index in [4.69, 9.17) is 14.2 Å². The van der Waals surface area contributed by atoms with Gasteiger partial charge in [0.15, 0.2) is 6.61 Å². The van der Waals surface area contributed by atoms with Crippen molar-refractivity contribution in [2.45, 2.75) is 19.0 Å². The molecule has 1 aliphatic heterocycles. The molecule has 0 saturated carbocycles. The first-order valence-electron chi connectivity index (χ1n) is 8.79. The molecule has 0 aliphatic carbocycles. The van der Waals surface area contributed by atoms with Gasteiger partial charge in [-0.15, -0.1) is 0 Å². The van der Waals surface area contributed by atoms with Gasteiger partial charge in [0, 0.05) is 13.0 Å². The van der Waals surface area contributed by atoms with Gasteiger partial charge in [0.1, 0.15) is 17.4 Å². The second-order valence-electron chi connectivity index (χ2n) is 6.31. The number of nitrogens with zero attached hydrogens (tertiary/aromatic N) is 1. The minimum atomic E-state index is -0.752. The van der Waals surface area contributed by atoms with Crippen molar-refractivity contribution < 1.29 is 28.6 Å². The zero-order valence-corrected chi connectivity index (χ0v) is 15.7. The molecule has 0 fully saturated rings. The summed E-state index contributed by atoms with van der Waals surface area (Å²) in [6.07, 6.45) is 0.356. The van der Waals surface area contributed by atoms with Gasteiger partial charge in [-0.25, -0.2) is 9.59 Å². The van der Waals surface area contributed by atoms with Gasteiger partial charge < -0.3 is 19.1 Å². The fourth-order valence-corrected chi connectivity index (χ4v) is 3.23. The Labute approximate surface area is 162 Å². The van der Waals surface area contributed by atoms with Gasteiger partial charge in [-0.05, 0) is 23.3 Å². The molecule has 0 N–H and O–H groups in total. The lowest BCUT2D eigenvalue weighted by Gasteiger charge is -2.35. The molecule has 0 aromatic heterocycles. The maximum Gasteiger partial charge on any atom is 0.342 e. The zero-order chi connectivity index (χ0) is 20.1. The number of benzene rings is 2. The van der Waals surface area contributed by atoms with Gasteiger partial charge in [0.2, 0.25) is 0 Å². The summed E-state index contributed by atoms with van der Waals surface area (Å²) in [4.78, 5) is 38.6. The normalized spacial score (nSPS) is 15.4. The largest absolute Gasteiger partial charge is 0.496 e. The molecule has 28 heavy (non-hydrogen) atoms. The SMILES string of the molecule is COC(=O)[C@H]1Cc2ccccc2CN1C(=O)COC(=O)c1ccccc1OC. The second-order valence-corrected chi connectivity index (χ2v) is 6.31. The van der Waals surface area contributed by atoms with E-state index < -0.39 is 30.5 Å². The summed E-state index contributed by atoms with van der Waals surface area (Å²) in [6, 6.07) is 13.4. The molecule has 3 rings (SSSR count). The van der Waals surface area contributed by atoms with Crippen LogP contribution in [-0.4, -0.2) is 49.6 Å². The maximum absolute atomic E-state index is 12.7. The van der Waals surface area contributed by atoms with Gasteiger partial charge in [-0.2, -0.15) is 0 Å². The Morgan fingerprint density at radius 1 is 1.00 bits per heavy atom. The summed E-state index contributed by atoms with van der Waals surface area (Å²) in [5, 5.41) is 0. The standard InChI is InChI=1S/C21H21NO6/c1-26-18-10-6-5-9-16(18)20(24)28-13-19(23)22-12-15-8-4-3-7-14(15)11-17(22)21(25)27-2/h3-10,17H,11-13H2,1-2H3/t17-/m1/s1. The van der Waals surface area contributed by atoms with E-state index >= 15 is 0 Å². The number of amides is 1. The average Bonchev–Trinajstić information content (AvgIpc) is 2.75. The van der Waals surface area contributed by atoms with Gasteiger partial charge >= 0.3 is 11.9 Å². The van der Waals surface area contributed by atoms with Crippen LogP contribution in [0.15, 0.2) is 48.5 Å². The first-order valence-corrected chi connectivity index (χ1v) is 8.79. The number of ether oxygens (including phenoxy) is 3. The third kappa shape index (κ3) is 3.98. The van der Waals surface area contributed by atoms with Crippen LogP contribution in [0.3, 0.4) is 0 Å². The van der Waals surface area contributed by atoms with Crippen molar-refractivity contribution in [3.05, 3.63) is 65.2 Å². The molecular weight excluding hydrogens is 362 g/mol. The Balaban J connectivity index is 1.73. The average molecular weight is 383 g/mol. The van der Waals surface area contributed by atoms with Crippen LogP contribution in [0.2, 0.25) is 0 Å². The van der Waals surface area contributed by atoms with Crippen LogP contribution >= 0.6 is 0 Å². The number of esters is 2. The van der Waals surface area contributed by atoms with Crippen molar-refractivity contribution in [2.24, 2.45) is 0 Å². The Morgan fingerprint density at radius 3 is 2.39 bits per heavy atom. The number of hydrogen-bond donors (Lipinski definition) is 0. The summed E-state index contributed by atoms with van der Waals surface area (Å²) < 4.78 is 15.2. The number of rotatable bonds is 5. The molecule has 7 nitrogen and oxygen atoms in total. The first-order chi connectivity index (χ1) is 13.5. The number of para-hydroxylation sites is 1. The van der Waals surface area contributed by atoms with E-state index in [-0.39, 0.29) is 12.1 Å². The second kappa shape index (κ2) is 8.56. The van der Waals surface area contributed by atoms with Crippen LogP contribution < -0.4 is 4.74 Å². The van der Waals surface area contributed by atoms with E-state index in [1.165, 1.54) is 19.1 Å². The van der Waals surface area contributed by atoms with Crippen LogP contribution in [0.25, 0.3) is 0 Å². The van der Waals surface area contributed by atoms with Crippen molar-refractivity contribution >= 4 is 17.8 Å². The molecule has 0 saturated heterocycles. The van der Waals surface area contributed by atoms with E-state index in [0.29, 0.717) is 12.2 Å². The molecule has 0 spiro atoms. The van der Waals surface area contributed by atoms with Crippen LogP contribution in [0.5, 0.6) is 5.75 Å². The molecule has 0 unspecified atom stereocenters. The van der Waals surface area contributed by atoms with Crippen LogP contribution in [0.4, 0.5) is 0 Å². The molecule has 146 valence electrons. The fourth-order valence-electron chi connectivity index (χ4n) is 3.23. The molecule has 1 aliphatic rings. The van der Waals surface area contributed by atoms with E-state index in [9.17, 15) is 14.4 Å². The lowest BCUT2D eigenvalue weighted by atomic mass is 9.94. The lowest BCUT2D eigenvalue weighted by molar-refractivity contribution is -0.155. The summed E-state index contributed by atoms with van der Waals surface area (Å²) in [5.41, 5.74) is 2.17. The number of carbonyl (C=O) groups is 3. The third-order valence-corrected chi connectivity index (χ3v) is 4.70. The number of hydrogen-bond acceptors (Lipinski definition) is 6. The Kier molecular flexibility index (Phi) is 5.93. The molecular formula is C21H21NO6. The predicted octanol–water partition coefficient (Wildman–Crippen LogP) is 1.98. The van der Waals surface area contributed by atoms with Crippen molar-refractivity contribution in [2.75, 3.05) is 20.8 Å². The number of methoxy groups -OCH3 is 2. The highest BCUT2D eigenvalue weighted by Crippen LogP contribution is 2.24. The fraction of sp³-hybridized carbons (Fsp3) is 0.286. The quantitative estimate of drug-likeness (QED) is 0.735. The van der Waals surface area contributed by atoms with E-state index in [1.54, 1.807) is 24.3 Å². The topological polar surface area (TPSA) is 82.1 Å². The number of carbonyl (C=O) groups excluding carboxylic acids is 3. The van der Waals surface area contributed by atoms with Crippen molar-refractivity contribution in [1.29, 1.82) is 0 Å². The molecule has 0 radical (unpaired) electrons. The smallest absolute Gasteiger partial charge is 0.342 e. The van der Waals surface area contributed by atoms with Crippen molar-refractivity contribution in [3.63, 3.8) is 0 Å². The first kappa shape index (κ1) is 19.4. The summed E-state index contributed by atoms with van der Waals surface area (Å²) in [5.74, 6) is -1.27. The zero-order valence-electron chi connectivity index (χ0n) is 15.7. The van der Waals surface area contributed by atoms with Gasteiger partial charge in [-0.3, -0.25) is 4.79 Å². The molecule has 1 amide bonds. The van der Waals surface area contributed by atoms with Gasteiger partial charge in [-0.1, -0.05) is 36.4 Å². The maximum atomic E-state index is 12.7. The summed E-state index contributed by atoms with van der Waals surface area (Å²) in [7, 11) is 2.73. The minimum Gasteiger partial charge on any atom is -0.496 e. The monoisotopic (exact) mass is 383 g/mol. The van der Waals surface area contributed by atoms with E-state index in [2.05, 4.69) is 0 Å². The predicted molar refractivity (Wildman–Crippen MR) is 99.8 cm³/mol. The lowest BCUT2D eigenvalue weighted by Crippen LogP contribution is -2.50. The van der Waals surface area contributed by atoms with Crippen molar-refractivity contribution in [3.8, 4) is 5.75 Å². The highest BCUT2D eigenvalue weighted by atomic mass is 16.5. The van der Waals surface area contributed by atoms with E-state index in [0.717, 1.165) is 11.1 Å². The van der Waals surface area contributed by atoms with Crippen molar-refractivity contribution in [1.82, 2.24) is 4.90 Å². The molecule has 1 atom stereocenters. The van der Waals surface area contributed by atoms with Gasteiger partial charge in [0.05, 0.1) is 14.2 Å². The highest BCUT2D eigenvalue weighted by Gasteiger charge is 2.35. The van der Waals surface area contributed by atoms with Crippen LogP contribution in [0, 0.1) is 0 Å². The highest BCUT2D eigenvalue weighted by molar-refractivity contribution is 5.94. The van der Waals surface area contributed by atoms with Crippen LogP contribution in [-0.2, 0) is 32.0 Å². The van der Waals surface area contributed by atoms with E-state index in [1.807, 2.05) is 24.3 Å². The molecule has 2 aromatic carbocycles. The number of fused-ring (bicyclic) bond motifs is 1. The Hall–Kier alpha value is -3.35. The third-order valence-electron chi connectivity index (χ3n) is 4.70. The molecule has 0 bridgehead atoms. The molecule has 2 aromatic rings. The summed E-state index contributed by atoms with van der Waals surface area (Å²) in [6.45, 7) is -0.229. The molecule has 1 heterocycles. The summed E-state index contributed by atoms with van der Waals surface area (Å²) >= 11 is 0. The van der Waals surface area contributed by atoms with Crippen LogP contribution in [0.1, 0.15) is 21.5 Å². The minimum absolute atomic E-state index is 0.228. The molecule has 7 heteroatoms. The Bertz CT molecular complexity index is 894. The Morgan fingerprint density at radius 2 is 1.68 bits per heavy atom. The van der Waals surface area contributed by atoms with Gasteiger partial charge in [0.25, 0.3) is 5.91 Å².